The Balaban J connectivity index is 1.62. The number of hydrogen-bond donors (Lipinski definition) is 2. The highest BCUT2D eigenvalue weighted by Crippen LogP contribution is 2.36. The lowest BCUT2D eigenvalue weighted by molar-refractivity contribution is -0.123. The molecular weight excluding hydrogens is 512 g/mol. The number of nitrogens with one attached hydrogen (secondary N) is 2. The summed E-state index contributed by atoms with van der Waals surface area (Å²) < 4.78 is 5.17. The number of benzene rings is 1. The Morgan fingerprint density at radius 1 is 1.26 bits per heavy atom. The number of rotatable bonds is 8. The van der Waals surface area contributed by atoms with Crippen molar-refractivity contribution in [2.75, 3.05) is 23.4 Å². The molecule has 1 aliphatic heterocycles. The summed E-state index contributed by atoms with van der Waals surface area (Å²) in [6, 6.07) is 12.0. The van der Waals surface area contributed by atoms with Crippen molar-refractivity contribution >= 4 is 35.0 Å². The first-order valence-electron chi connectivity index (χ1n) is 13.5. The Hall–Kier alpha value is -3.46. The van der Waals surface area contributed by atoms with E-state index in [2.05, 4.69) is 34.3 Å². The van der Waals surface area contributed by atoms with Crippen LogP contribution in [0.3, 0.4) is 0 Å². The lowest BCUT2D eigenvalue weighted by Gasteiger charge is -2.39. The first-order chi connectivity index (χ1) is 18.5. The molecule has 8 nitrogen and oxygen atoms in total. The number of fused-ring (bicyclic) bond motifs is 1. The van der Waals surface area contributed by atoms with Gasteiger partial charge in [0, 0.05) is 16.8 Å². The number of ether oxygens (including phenoxy) is 1. The van der Waals surface area contributed by atoms with Gasteiger partial charge in [-0.3, -0.25) is 19.9 Å². The molecule has 0 aliphatic carbocycles. The van der Waals surface area contributed by atoms with E-state index >= 15 is 0 Å². The zero-order valence-corrected chi connectivity index (χ0v) is 24.4. The summed E-state index contributed by atoms with van der Waals surface area (Å²) in [7, 11) is 0. The number of carbonyl (C=O) groups excluding carboxylic acids is 2. The van der Waals surface area contributed by atoms with Crippen molar-refractivity contribution in [3.8, 4) is 0 Å². The van der Waals surface area contributed by atoms with E-state index in [0.29, 0.717) is 29.3 Å². The van der Waals surface area contributed by atoms with Crippen LogP contribution in [-0.4, -0.2) is 35.0 Å². The van der Waals surface area contributed by atoms with Gasteiger partial charge in [0.05, 0.1) is 18.2 Å². The van der Waals surface area contributed by atoms with Gasteiger partial charge in [-0.15, -0.1) is 11.3 Å². The van der Waals surface area contributed by atoms with E-state index in [4.69, 9.17) is 9.72 Å². The van der Waals surface area contributed by atoms with Gasteiger partial charge in [-0.1, -0.05) is 51.1 Å². The Kier molecular flexibility index (Phi) is 8.59. The topological polar surface area (TPSA) is 104 Å². The number of amides is 1. The fourth-order valence-electron chi connectivity index (χ4n) is 4.83. The van der Waals surface area contributed by atoms with Crippen LogP contribution in [0.5, 0.6) is 0 Å². The largest absolute Gasteiger partial charge is 0.462 e. The molecule has 0 spiro atoms. The molecule has 1 aromatic carbocycles. The van der Waals surface area contributed by atoms with Crippen LogP contribution in [0.15, 0.2) is 41.2 Å². The molecule has 3 heterocycles. The van der Waals surface area contributed by atoms with Crippen LogP contribution in [-0.2, 0) is 22.4 Å². The second-order valence-corrected chi connectivity index (χ2v) is 12.3. The lowest BCUT2D eigenvalue weighted by atomic mass is 9.89. The van der Waals surface area contributed by atoms with Crippen LogP contribution in [0.2, 0.25) is 0 Å². The SMILES string of the molecule is CCOC(=O)c1cc(C)c(CCC2Cc3c(nc(NC(=O)C(C)(C)C)[nH]c3=O)N([C@H](C)c3ccccc3)C2)s1. The summed E-state index contributed by atoms with van der Waals surface area (Å²) in [5, 5.41) is 2.79. The maximum atomic E-state index is 13.3. The number of esters is 1. The van der Waals surface area contributed by atoms with Crippen LogP contribution in [0.4, 0.5) is 11.8 Å². The van der Waals surface area contributed by atoms with Gasteiger partial charge in [-0.05, 0) is 63.1 Å². The van der Waals surface area contributed by atoms with Crippen LogP contribution in [0, 0.1) is 18.3 Å². The van der Waals surface area contributed by atoms with Crippen molar-refractivity contribution in [1.29, 1.82) is 0 Å². The van der Waals surface area contributed by atoms with Gasteiger partial charge in [0.2, 0.25) is 11.9 Å². The fraction of sp³-hybridized carbons (Fsp3) is 0.467. The molecule has 9 heteroatoms. The van der Waals surface area contributed by atoms with E-state index in [9.17, 15) is 14.4 Å². The number of H-pyrrole nitrogens is 1. The summed E-state index contributed by atoms with van der Waals surface area (Å²) in [5.74, 6) is 0.512. The highest BCUT2D eigenvalue weighted by Gasteiger charge is 2.32. The quantitative estimate of drug-likeness (QED) is 0.350. The molecule has 0 radical (unpaired) electrons. The molecule has 1 amide bonds. The third-order valence-corrected chi connectivity index (χ3v) is 8.43. The number of carbonyl (C=O) groups is 2. The van der Waals surface area contributed by atoms with Gasteiger partial charge in [0.25, 0.3) is 5.56 Å². The number of aryl methyl sites for hydroxylation is 2. The summed E-state index contributed by atoms with van der Waals surface area (Å²) in [4.78, 5) is 49.7. The number of aromatic nitrogens is 2. The van der Waals surface area contributed by atoms with Crippen LogP contribution < -0.4 is 15.8 Å². The van der Waals surface area contributed by atoms with Gasteiger partial charge in [0.1, 0.15) is 10.7 Å². The lowest BCUT2D eigenvalue weighted by Crippen LogP contribution is -2.41. The molecule has 2 aromatic heterocycles. The highest BCUT2D eigenvalue weighted by molar-refractivity contribution is 7.14. The number of aromatic amines is 1. The molecule has 0 saturated carbocycles. The van der Waals surface area contributed by atoms with E-state index in [1.165, 1.54) is 16.2 Å². The number of anilines is 2. The van der Waals surface area contributed by atoms with Gasteiger partial charge < -0.3 is 9.64 Å². The Morgan fingerprint density at radius 2 is 1.97 bits per heavy atom. The minimum absolute atomic E-state index is 0.0212. The summed E-state index contributed by atoms with van der Waals surface area (Å²) >= 11 is 1.49. The standard InChI is InChI=1S/C30H38N4O4S/c1-7-38-27(36)24-15-18(2)23(39-24)14-13-20-16-22-25(34(17-20)19(3)21-11-9-8-10-12-21)31-29(32-26(22)35)33-28(37)30(4,5)6/h8-12,15,19-20H,7,13-14,16-17H2,1-6H3,(H2,31,32,33,35,37)/t19-,20?/m1/s1. The second kappa shape index (κ2) is 11.7. The van der Waals surface area contributed by atoms with E-state index in [1.807, 2.05) is 52.0 Å². The van der Waals surface area contributed by atoms with Crippen LogP contribution in [0.25, 0.3) is 0 Å². The van der Waals surface area contributed by atoms with Gasteiger partial charge in [-0.2, -0.15) is 4.98 Å². The van der Waals surface area contributed by atoms with Crippen molar-refractivity contribution in [2.45, 2.75) is 66.8 Å². The molecular formula is C30H38N4O4S. The Bertz CT molecular complexity index is 1390. The zero-order chi connectivity index (χ0) is 28.3. The molecule has 0 saturated heterocycles. The maximum absolute atomic E-state index is 13.3. The van der Waals surface area contributed by atoms with E-state index in [0.717, 1.165) is 30.5 Å². The second-order valence-electron chi connectivity index (χ2n) is 11.2. The molecule has 2 N–H and O–H groups in total. The number of hydrogen-bond acceptors (Lipinski definition) is 7. The minimum atomic E-state index is -0.621. The van der Waals surface area contributed by atoms with Crippen LogP contribution >= 0.6 is 11.3 Å². The first-order valence-corrected chi connectivity index (χ1v) is 14.3. The normalized spacial score (nSPS) is 15.9. The Labute approximate surface area is 233 Å². The van der Waals surface area contributed by atoms with Crippen molar-refractivity contribution in [3.05, 3.63) is 73.2 Å². The number of thiophene rings is 1. The number of nitrogens with zero attached hydrogens (tertiary/aromatic N) is 2. The van der Waals surface area contributed by atoms with Gasteiger partial charge >= 0.3 is 5.97 Å². The predicted octanol–water partition coefficient (Wildman–Crippen LogP) is 5.67. The third-order valence-electron chi connectivity index (χ3n) is 7.15. The molecule has 0 bridgehead atoms. The average molecular weight is 551 g/mol. The molecule has 1 aliphatic rings. The van der Waals surface area contributed by atoms with E-state index < -0.39 is 5.41 Å². The molecule has 2 atom stereocenters. The highest BCUT2D eigenvalue weighted by atomic mass is 32.1. The Morgan fingerprint density at radius 3 is 2.64 bits per heavy atom. The maximum Gasteiger partial charge on any atom is 0.348 e. The average Bonchev–Trinajstić information content (AvgIpc) is 3.27. The fourth-order valence-corrected chi connectivity index (χ4v) is 5.92. The van der Waals surface area contributed by atoms with Gasteiger partial charge in [-0.25, -0.2) is 4.79 Å². The first kappa shape index (κ1) is 28.5. The van der Waals surface area contributed by atoms with Crippen molar-refractivity contribution < 1.29 is 14.3 Å². The van der Waals surface area contributed by atoms with Crippen molar-refractivity contribution in [2.24, 2.45) is 11.3 Å². The van der Waals surface area contributed by atoms with E-state index in [1.54, 1.807) is 6.92 Å². The predicted molar refractivity (Wildman–Crippen MR) is 156 cm³/mol. The monoisotopic (exact) mass is 550 g/mol. The summed E-state index contributed by atoms with van der Waals surface area (Å²) in [6.07, 6.45) is 2.27. The van der Waals surface area contributed by atoms with Crippen molar-refractivity contribution in [3.63, 3.8) is 0 Å². The summed E-state index contributed by atoms with van der Waals surface area (Å²) in [5.41, 5.74) is 2.00. The minimum Gasteiger partial charge on any atom is -0.462 e. The summed E-state index contributed by atoms with van der Waals surface area (Å²) in [6.45, 7) is 12.5. The van der Waals surface area contributed by atoms with Crippen LogP contribution in [0.1, 0.15) is 78.3 Å². The molecule has 1 unspecified atom stereocenters. The molecule has 3 aromatic rings. The molecule has 208 valence electrons. The molecule has 39 heavy (non-hydrogen) atoms. The van der Waals surface area contributed by atoms with E-state index in [-0.39, 0.29) is 35.3 Å². The van der Waals surface area contributed by atoms with Gasteiger partial charge in [0.15, 0.2) is 0 Å². The van der Waals surface area contributed by atoms with Crippen molar-refractivity contribution in [1.82, 2.24) is 9.97 Å². The molecule has 4 rings (SSSR count). The third kappa shape index (κ3) is 6.58. The zero-order valence-electron chi connectivity index (χ0n) is 23.6. The molecule has 0 fully saturated rings. The smallest absolute Gasteiger partial charge is 0.348 e.